The summed E-state index contributed by atoms with van der Waals surface area (Å²) in [7, 11) is 0. The van der Waals surface area contributed by atoms with Gasteiger partial charge in [0.25, 0.3) is 0 Å². The van der Waals surface area contributed by atoms with E-state index < -0.39 is 0 Å². The smallest absolute Gasteiger partial charge is 0.224 e. The first kappa shape index (κ1) is 16.3. The molecule has 0 unspecified atom stereocenters. The number of para-hydroxylation sites is 2. The molecule has 4 nitrogen and oxygen atoms in total. The molecule has 1 aromatic carbocycles. The van der Waals surface area contributed by atoms with Gasteiger partial charge in [-0.2, -0.15) is 0 Å². The van der Waals surface area contributed by atoms with E-state index in [9.17, 15) is 4.79 Å². The summed E-state index contributed by atoms with van der Waals surface area (Å²) in [5.41, 5.74) is 2.05. The summed E-state index contributed by atoms with van der Waals surface area (Å²) >= 11 is 0. The number of anilines is 2. The second kappa shape index (κ2) is 8.34. The monoisotopic (exact) mass is 316 g/mol. The number of hydrogen-bond acceptors (Lipinski definition) is 3. The van der Waals surface area contributed by atoms with Crippen molar-refractivity contribution >= 4 is 17.3 Å². The Kier molecular flexibility index (Phi) is 5.92. The SMILES string of the molecule is O=C(CCC1CCCCC1)Nc1ccccc1N1CCOCC1. The molecule has 1 amide bonds. The van der Waals surface area contributed by atoms with Crippen molar-refractivity contribution in [2.24, 2.45) is 5.92 Å². The van der Waals surface area contributed by atoms with Crippen LogP contribution >= 0.6 is 0 Å². The van der Waals surface area contributed by atoms with Gasteiger partial charge in [0.05, 0.1) is 24.6 Å². The number of carbonyl (C=O) groups excluding carboxylic acids is 1. The first-order valence-electron chi connectivity index (χ1n) is 9.04. The average Bonchev–Trinajstić information content (AvgIpc) is 2.62. The number of nitrogens with one attached hydrogen (secondary N) is 1. The molecule has 3 rings (SSSR count). The Morgan fingerprint density at radius 2 is 1.87 bits per heavy atom. The number of ether oxygens (including phenoxy) is 1. The second-order valence-electron chi connectivity index (χ2n) is 6.71. The fourth-order valence-electron chi connectivity index (χ4n) is 3.68. The van der Waals surface area contributed by atoms with E-state index in [1.54, 1.807) is 0 Å². The van der Waals surface area contributed by atoms with Crippen LogP contribution in [-0.2, 0) is 9.53 Å². The summed E-state index contributed by atoms with van der Waals surface area (Å²) in [6.45, 7) is 3.28. The van der Waals surface area contributed by atoms with Crippen LogP contribution in [0, 0.1) is 5.92 Å². The van der Waals surface area contributed by atoms with Crippen molar-refractivity contribution in [2.45, 2.75) is 44.9 Å². The molecule has 4 heteroatoms. The van der Waals surface area contributed by atoms with Crippen LogP contribution in [0.25, 0.3) is 0 Å². The molecule has 0 spiro atoms. The third-order valence-corrected chi connectivity index (χ3v) is 5.03. The molecule has 0 aromatic heterocycles. The highest BCUT2D eigenvalue weighted by molar-refractivity contribution is 5.94. The lowest BCUT2D eigenvalue weighted by Gasteiger charge is -2.30. The molecule has 2 aliphatic rings. The van der Waals surface area contributed by atoms with E-state index in [1.165, 1.54) is 32.1 Å². The Morgan fingerprint density at radius 1 is 1.13 bits per heavy atom. The third kappa shape index (κ3) is 4.71. The molecule has 0 bridgehead atoms. The van der Waals surface area contributed by atoms with Crippen LogP contribution in [0.5, 0.6) is 0 Å². The van der Waals surface area contributed by atoms with Gasteiger partial charge in [0.2, 0.25) is 5.91 Å². The molecule has 1 heterocycles. The lowest BCUT2D eigenvalue weighted by atomic mass is 9.86. The van der Waals surface area contributed by atoms with Crippen LogP contribution in [0.4, 0.5) is 11.4 Å². The molecule has 2 fully saturated rings. The molecule has 0 atom stereocenters. The van der Waals surface area contributed by atoms with Gasteiger partial charge in [0.15, 0.2) is 0 Å². The van der Waals surface area contributed by atoms with Crippen molar-refractivity contribution in [2.75, 3.05) is 36.5 Å². The largest absolute Gasteiger partial charge is 0.378 e. The lowest BCUT2D eigenvalue weighted by Crippen LogP contribution is -2.36. The second-order valence-corrected chi connectivity index (χ2v) is 6.71. The molecule has 1 aromatic rings. The van der Waals surface area contributed by atoms with Crippen LogP contribution in [0.2, 0.25) is 0 Å². The normalized spacial score (nSPS) is 19.6. The predicted molar refractivity (Wildman–Crippen MR) is 93.9 cm³/mol. The standard InChI is InChI=1S/C19H28N2O2/c22-19(11-10-16-6-2-1-3-7-16)20-17-8-4-5-9-18(17)21-12-14-23-15-13-21/h4-5,8-9,16H,1-3,6-7,10-15H2,(H,20,22). The van der Waals surface area contributed by atoms with E-state index in [0.29, 0.717) is 6.42 Å². The Balaban J connectivity index is 1.55. The van der Waals surface area contributed by atoms with Gasteiger partial charge in [-0.3, -0.25) is 4.79 Å². The van der Waals surface area contributed by atoms with Gasteiger partial charge in [-0.1, -0.05) is 44.2 Å². The van der Waals surface area contributed by atoms with Gasteiger partial charge < -0.3 is 15.0 Å². The van der Waals surface area contributed by atoms with E-state index in [-0.39, 0.29) is 5.91 Å². The molecule has 126 valence electrons. The van der Waals surface area contributed by atoms with Gasteiger partial charge in [-0.25, -0.2) is 0 Å². The lowest BCUT2D eigenvalue weighted by molar-refractivity contribution is -0.116. The van der Waals surface area contributed by atoms with Crippen LogP contribution in [0.3, 0.4) is 0 Å². The van der Waals surface area contributed by atoms with Crippen molar-refractivity contribution in [3.8, 4) is 0 Å². The maximum atomic E-state index is 12.3. The van der Waals surface area contributed by atoms with Crippen LogP contribution < -0.4 is 10.2 Å². The number of hydrogen-bond donors (Lipinski definition) is 1. The molecule has 1 aliphatic heterocycles. The highest BCUT2D eigenvalue weighted by atomic mass is 16.5. The molecule has 1 aliphatic carbocycles. The van der Waals surface area contributed by atoms with Crippen molar-refractivity contribution in [1.82, 2.24) is 0 Å². The third-order valence-electron chi connectivity index (χ3n) is 5.03. The highest BCUT2D eigenvalue weighted by Crippen LogP contribution is 2.29. The van der Waals surface area contributed by atoms with Gasteiger partial charge >= 0.3 is 0 Å². The molecule has 1 saturated heterocycles. The Hall–Kier alpha value is -1.55. The Morgan fingerprint density at radius 3 is 2.65 bits per heavy atom. The Labute approximate surface area is 139 Å². The molecular weight excluding hydrogens is 288 g/mol. The number of nitrogens with zero attached hydrogens (tertiary/aromatic N) is 1. The van der Waals surface area contributed by atoms with Gasteiger partial charge in [0.1, 0.15) is 0 Å². The summed E-state index contributed by atoms with van der Waals surface area (Å²) in [6, 6.07) is 8.11. The molecule has 0 radical (unpaired) electrons. The van der Waals surface area contributed by atoms with E-state index in [1.807, 2.05) is 18.2 Å². The highest BCUT2D eigenvalue weighted by Gasteiger charge is 2.17. The maximum Gasteiger partial charge on any atom is 0.224 e. The Bertz CT molecular complexity index is 506. The molecule has 1 N–H and O–H groups in total. The number of morpholine rings is 1. The summed E-state index contributed by atoms with van der Waals surface area (Å²) in [5.74, 6) is 0.903. The average molecular weight is 316 g/mol. The predicted octanol–water partition coefficient (Wildman–Crippen LogP) is 3.82. The summed E-state index contributed by atoms with van der Waals surface area (Å²) in [6.07, 6.45) is 8.33. The van der Waals surface area contributed by atoms with Crippen molar-refractivity contribution < 1.29 is 9.53 Å². The van der Waals surface area contributed by atoms with Gasteiger partial charge in [-0.15, -0.1) is 0 Å². The first-order chi connectivity index (χ1) is 11.3. The molecule has 23 heavy (non-hydrogen) atoms. The van der Waals surface area contributed by atoms with E-state index in [0.717, 1.165) is 50.0 Å². The first-order valence-corrected chi connectivity index (χ1v) is 9.04. The maximum absolute atomic E-state index is 12.3. The molecular formula is C19H28N2O2. The van der Waals surface area contributed by atoms with Crippen LogP contribution in [0.15, 0.2) is 24.3 Å². The minimum atomic E-state index is 0.149. The minimum Gasteiger partial charge on any atom is -0.378 e. The van der Waals surface area contributed by atoms with E-state index in [4.69, 9.17) is 4.74 Å². The number of benzene rings is 1. The van der Waals surface area contributed by atoms with Gasteiger partial charge in [0, 0.05) is 19.5 Å². The number of rotatable bonds is 5. The summed E-state index contributed by atoms with van der Waals surface area (Å²) in [5, 5.41) is 3.13. The van der Waals surface area contributed by atoms with E-state index in [2.05, 4.69) is 16.3 Å². The zero-order valence-electron chi connectivity index (χ0n) is 13.9. The van der Waals surface area contributed by atoms with Crippen LogP contribution in [0.1, 0.15) is 44.9 Å². The minimum absolute atomic E-state index is 0.149. The zero-order chi connectivity index (χ0) is 15.9. The van der Waals surface area contributed by atoms with Crippen LogP contribution in [-0.4, -0.2) is 32.2 Å². The van der Waals surface area contributed by atoms with Crippen molar-refractivity contribution in [3.63, 3.8) is 0 Å². The fraction of sp³-hybridized carbons (Fsp3) is 0.632. The summed E-state index contributed by atoms with van der Waals surface area (Å²) < 4.78 is 5.42. The zero-order valence-corrected chi connectivity index (χ0v) is 13.9. The molecule has 1 saturated carbocycles. The topological polar surface area (TPSA) is 41.6 Å². The van der Waals surface area contributed by atoms with E-state index >= 15 is 0 Å². The summed E-state index contributed by atoms with van der Waals surface area (Å²) in [4.78, 5) is 14.6. The number of amides is 1. The van der Waals surface area contributed by atoms with Crippen molar-refractivity contribution in [3.05, 3.63) is 24.3 Å². The van der Waals surface area contributed by atoms with Crippen molar-refractivity contribution in [1.29, 1.82) is 0 Å². The number of carbonyl (C=O) groups is 1. The fourth-order valence-corrected chi connectivity index (χ4v) is 3.68. The quantitative estimate of drug-likeness (QED) is 0.898. The van der Waals surface area contributed by atoms with Gasteiger partial charge in [-0.05, 0) is 24.5 Å².